The van der Waals surface area contributed by atoms with Crippen molar-refractivity contribution in [3.05, 3.63) is 88.3 Å². The summed E-state index contributed by atoms with van der Waals surface area (Å²) < 4.78 is 0.301. The predicted octanol–water partition coefficient (Wildman–Crippen LogP) is 4.10. The molecular formula is C20H16N2O2S2. The van der Waals surface area contributed by atoms with Crippen molar-refractivity contribution in [3.8, 4) is 0 Å². The number of thiocarbonyl (C=S) groups is 1. The quantitative estimate of drug-likeness (QED) is 0.641. The van der Waals surface area contributed by atoms with Gasteiger partial charge in [-0.05, 0) is 42.9 Å². The molecule has 3 rings (SSSR count). The van der Waals surface area contributed by atoms with Gasteiger partial charge in [-0.3, -0.25) is 15.0 Å². The van der Waals surface area contributed by atoms with Gasteiger partial charge in [-0.2, -0.15) is 5.01 Å². The van der Waals surface area contributed by atoms with Crippen LogP contribution in [0.3, 0.4) is 0 Å². The van der Waals surface area contributed by atoms with Crippen LogP contribution in [0, 0.1) is 6.92 Å². The van der Waals surface area contributed by atoms with E-state index in [0.717, 1.165) is 27.9 Å². The highest BCUT2D eigenvalue weighted by Crippen LogP contribution is 2.29. The van der Waals surface area contributed by atoms with Crippen molar-refractivity contribution in [3.63, 3.8) is 0 Å². The van der Waals surface area contributed by atoms with Crippen molar-refractivity contribution in [2.75, 3.05) is 0 Å². The zero-order chi connectivity index (χ0) is 18.5. The fourth-order valence-corrected chi connectivity index (χ4v) is 3.39. The van der Waals surface area contributed by atoms with Gasteiger partial charge >= 0.3 is 0 Å². The van der Waals surface area contributed by atoms with Gasteiger partial charge in [0.15, 0.2) is 4.32 Å². The molecule has 1 fully saturated rings. The lowest BCUT2D eigenvalue weighted by atomic mass is 10.1. The number of amides is 2. The Labute approximate surface area is 161 Å². The molecule has 2 amide bonds. The first kappa shape index (κ1) is 18.1. The van der Waals surface area contributed by atoms with Crippen molar-refractivity contribution in [1.82, 2.24) is 10.4 Å². The number of benzene rings is 2. The molecule has 0 spiro atoms. The van der Waals surface area contributed by atoms with Crippen LogP contribution in [0.1, 0.15) is 21.5 Å². The Kier molecular flexibility index (Phi) is 5.65. The highest BCUT2D eigenvalue weighted by molar-refractivity contribution is 8.26. The smallest absolute Gasteiger partial charge is 0.267 e. The molecule has 0 aromatic heterocycles. The normalized spacial score (nSPS) is 15.9. The summed E-state index contributed by atoms with van der Waals surface area (Å²) in [5, 5.41) is 1.12. The second-order valence-electron chi connectivity index (χ2n) is 5.62. The molecule has 0 bridgehead atoms. The average Bonchev–Trinajstić information content (AvgIpc) is 2.91. The molecule has 1 saturated heterocycles. The molecule has 0 saturated carbocycles. The Balaban J connectivity index is 1.68. The van der Waals surface area contributed by atoms with E-state index in [9.17, 15) is 9.59 Å². The number of allylic oxidation sites excluding steroid dienone is 2. The Bertz CT molecular complexity index is 903. The number of nitrogens with zero attached hydrogens (tertiary/aromatic N) is 1. The molecule has 1 aliphatic heterocycles. The number of nitrogens with one attached hydrogen (secondary N) is 1. The van der Waals surface area contributed by atoms with E-state index >= 15 is 0 Å². The summed E-state index contributed by atoms with van der Waals surface area (Å²) in [6, 6.07) is 16.9. The molecule has 26 heavy (non-hydrogen) atoms. The van der Waals surface area contributed by atoms with Gasteiger partial charge in [-0.1, -0.05) is 71.9 Å². The van der Waals surface area contributed by atoms with Crippen LogP contribution in [-0.4, -0.2) is 21.1 Å². The lowest BCUT2D eigenvalue weighted by Crippen LogP contribution is -2.44. The van der Waals surface area contributed by atoms with Crippen molar-refractivity contribution < 1.29 is 9.59 Å². The van der Waals surface area contributed by atoms with E-state index in [-0.39, 0.29) is 11.8 Å². The second kappa shape index (κ2) is 8.12. The fraction of sp³-hybridized carbons (Fsp3) is 0.0500. The molecule has 1 aliphatic rings. The highest BCUT2D eigenvalue weighted by Gasteiger charge is 2.33. The molecule has 1 N–H and O–H groups in total. The van der Waals surface area contributed by atoms with Crippen LogP contribution in [0.25, 0.3) is 6.08 Å². The van der Waals surface area contributed by atoms with Gasteiger partial charge in [-0.25, -0.2) is 0 Å². The summed E-state index contributed by atoms with van der Waals surface area (Å²) in [5.74, 6) is -0.708. The molecule has 2 aromatic carbocycles. The summed E-state index contributed by atoms with van der Waals surface area (Å²) in [6.07, 6.45) is 5.39. The average molecular weight is 380 g/mol. The van der Waals surface area contributed by atoms with E-state index in [2.05, 4.69) is 5.43 Å². The van der Waals surface area contributed by atoms with Crippen LogP contribution >= 0.6 is 24.0 Å². The van der Waals surface area contributed by atoms with Gasteiger partial charge in [0.1, 0.15) is 0 Å². The van der Waals surface area contributed by atoms with Crippen LogP contribution in [0.2, 0.25) is 0 Å². The van der Waals surface area contributed by atoms with Gasteiger partial charge in [-0.15, -0.1) is 0 Å². The van der Waals surface area contributed by atoms with E-state index in [1.54, 1.807) is 24.3 Å². The third-order valence-corrected chi connectivity index (χ3v) is 4.98. The molecule has 6 heteroatoms. The summed E-state index contributed by atoms with van der Waals surface area (Å²) in [6.45, 7) is 1.94. The molecular weight excluding hydrogens is 364 g/mol. The number of rotatable bonds is 4. The maximum Gasteiger partial charge on any atom is 0.285 e. The fourth-order valence-electron chi connectivity index (χ4n) is 2.26. The first-order valence-electron chi connectivity index (χ1n) is 7.92. The standard InChI is InChI=1S/C20H16N2O2S2/c1-14-10-12-16(13-11-14)18(23)21-22-19(24)17(26-20(22)25)9-5-8-15-6-3-2-4-7-15/h2-13H,1H3,(H,21,23)/b8-5+,17-9-. The van der Waals surface area contributed by atoms with Gasteiger partial charge in [0.05, 0.1) is 4.91 Å². The van der Waals surface area contributed by atoms with Gasteiger partial charge in [0.25, 0.3) is 11.8 Å². The first-order chi connectivity index (χ1) is 12.5. The Morgan fingerprint density at radius 1 is 1.12 bits per heavy atom. The lowest BCUT2D eigenvalue weighted by molar-refractivity contribution is -0.123. The second-order valence-corrected chi connectivity index (χ2v) is 7.29. The molecule has 0 radical (unpaired) electrons. The highest BCUT2D eigenvalue weighted by atomic mass is 32.2. The number of carbonyl (C=O) groups excluding carboxylic acids is 2. The number of hydrogen-bond acceptors (Lipinski definition) is 4. The SMILES string of the molecule is Cc1ccc(C(=O)NN2C(=O)/C(=C/C=C/c3ccccc3)SC2=S)cc1. The van der Waals surface area contributed by atoms with Gasteiger partial charge < -0.3 is 0 Å². The van der Waals surface area contributed by atoms with Gasteiger partial charge in [0, 0.05) is 5.56 Å². The monoisotopic (exact) mass is 380 g/mol. The van der Waals surface area contributed by atoms with Crippen LogP contribution in [0.5, 0.6) is 0 Å². The molecule has 4 nitrogen and oxygen atoms in total. The van der Waals surface area contributed by atoms with E-state index in [1.807, 2.05) is 55.5 Å². The zero-order valence-electron chi connectivity index (χ0n) is 14.0. The topological polar surface area (TPSA) is 49.4 Å². The summed E-state index contributed by atoms with van der Waals surface area (Å²) >= 11 is 6.38. The van der Waals surface area contributed by atoms with Gasteiger partial charge in [0.2, 0.25) is 0 Å². The Morgan fingerprint density at radius 2 is 1.81 bits per heavy atom. The molecule has 2 aromatic rings. The zero-order valence-corrected chi connectivity index (χ0v) is 15.6. The van der Waals surface area contributed by atoms with E-state index in [4.69, 9.17) is 12.2 Å². The largest absolute Gasteiger partial charge is 0.285 e. The van der Waals surface area contributed by atoms with E-state index in [0.29, 0.717) is 14.8 Å². The van der Waals surface area contributed by atoms with Crippen LogP contribution in [0.15, 0.2) is 71.7 Å². The van der Waals surface area contributed by atoms with E-state index in [1.165, 1.54) is 0 Å². The molecule has 0 aliphatic carbocycles. The summed E-state index contributed by atoms with van der Waals surface area (Å²) in [4.78, 5) is 25.2. The first-order valence-corrected chi connectivity index (χ1v) is 9.14. The third kappa shape index (κ3) is 4.28. The number of aryl methyl sites for hydroxylation is 1. The van der Waals surface area contributed by atoms with Crippen LogP contribution < -0.4 is 5.43 Å². The number of thioether (sulfide) groups is 1. The van der Waals surface area contributed by atoms with Crippen molar-refractivity contribution >= 4 is 46.2 Å². The Morgan fingerprint density at radius 3 is 2.50 bits per heavy atom. The lowest BCUT2D eigenvalue weighted by Gasteiger charge is -2.15. The van der Waals surface area contributed by atoms with Crippen molar-refractivity contribution in [1.29, 1.82) is 0 Å². The number of hydrazine groups is 1. The maximum atomic E-state index is 12.5. The molecule has 1 heterocycles. The number of carbonyl (C=O) groups is 2. The molecule has 0 unspecified atom stereocenters. The molecule has 0 atom stereocenters. The summed E-state index contributed by atoms with van der Waals surface area (Å²) in [7, 11) is 0. The summed E-state index contributed by atoms with van der Waals surface area (Å²) in [5.41, 5.74) is 5.13. The van der Waals surface area contributed by atoms with Crippen molar-refractivity contribution in [2.45, 2.75) is 6.92 Å². The minimum Gasteiger partial charge on any atom is -0.267 e. The maximum absolute atomic E-state index is 12.5. The minimum absolute atomic E-state index is 0.301. The van der Waals surface area contributed by atoms with Crippen LogP contribution in [-0.2, 0) is 4.79 Å². The third-order valence-electron chi connectivity index (χ3n) is 3.66. The predicted molar refractivity (Wildman–Crippen MR) is 109 cm³/mol. The number of hydrogen-bond donors (Lipinski definition) is 1. The Hall–Kier alpha value is -2.70. The minimum atomic E-state index is -0.373. The molecule has 130 valence electrons. The van der Waals surface area contributed by atoms with E-state index < -0.39 is 0 Å². The van der Waals surface area contributed by atoms with Crippen molar-refractivity contribution in [2.24, 2.45) is 0 Å². The van der Waals surface area contributed by atoms with Crippen LogP contribution in [0.4, 0.5) is 0 Å².